The van der Waals surface area contributed by atoms with E-state index in [4.69, 9.17) is 12.6 Å². The van der Waals surface area contributed by atoms with Crippen LogP contribution in [0.1, 0.15) is 43.9 Å². The lowest BCUT2D eigenvalue weighted by atomic mass is 9.81. The molecular weight excluding hydrogens is 358 g/mol. The second kappa shape index (κ2) is 9.60. The van der Waals surface area contributed by atoms with E-state index >= 15 is 0 Å². The minimum Gasteiger partial charge on any atom is -0.479 e. The average Bonchev–Trinajstić information content (AvgIpc) is 2.67. The predicted octanol–water partition coefficient (Wildman–Crippen LogP) is 4.30. The number of rotatable bonds is 8. The number of thiol groups is 1. The number of carbonyl (C=O) groups is 2. The molecule has 0 saturated heterocycles. The summed E-state index contributed by atoms with van der Waals surface area (Å²) in [7, 11) is 0. The topological polar surface area (TPSA) is 66.4 Å². The molecule has 144 valence electrons. The molecule has 2 rings (SSSR count). The maximum atomic E-state index is 13.2. The van der Waals surface area contributed by atoms with Gasteiger partial charge >= 0.3 is 5.97 Å². The Bertz CT molecular complexity index is 749. The number of carboxylic acids is 1. The molecule has 27 heavy (non-hydrogen) atoms. The van der Waals surface area contributed by atoms with Gasteiger partial charge in [-0.1, -0.05) is 81.4 Å². The third-order valence-electron chi connectivity index (χ3n) is 4.88. The molecule has 0 fully saturated rings. The van der Waals surface area contributed by atoms with Gasteiger partial charge in [-0.3, -0.25) is 4.79 Å². The van der Waals surface area contributed by atoms with E-state index in [0.29, 0.717) is 5.56 Å². The molecule has 2 aromatic carbocycles. The number of hydrogen-bond donors (Lipinski definition) is 3. The van der Waals surface area contributed by atoms with Crippen molar-refractivity contribution in [3.05, 3.63) is 71.8 Å². The molecule has 4 nitrogen and oxygen atoms in total. The van der Waals surface area contributed by atoms with Crippen LogP contribution in [0.15, 0.2) is 60.7 Å². The van der Waals surface area contributed by atoms with Crippen LogP contribution in [0, 0.1) is 11.8 Å². The molecule has 0 aliphatic carbocycles. The van der Waals surface area contributed by atoms with Crippen molar-refractivity contribution >= 4 is 24.5 Å². The third-order valence-corrected chi connectivity index (χ3v) is 5.80. The molecular formula is C22H27NO3S. The number of carboxylic acid groups (broad SMARTS) is 1. The van der Waals surface area contributed by atoms with Crippen molar-refractivity contribution in [1.29, 1.82) is 0 Å². The molecule has 0 aliphatic rings. The van der Waals surface area contributed by atoms with Gasteiger partial charge in [-0.2, -0.15) is 12.6 Å². The lowest BCUT2D eigenvalue weighted by molar-refractivity contribution is -0.142. The molecule has 5 heteroatoms. The van der Waals surface area contributed by atoms with Crippen molar-refractivity contribution in [2.24, 2.45) is 11.8 Å². The van der Waals surface area contributed by atoms with Gasteiger partial charge in [-0.05, 0) is 23.0 Å². The standard InChI is InChI=1S/C22H27NO3S/c1-14(2)20(27)18(15(3)16-10-6-4-7-11-16)21(24)23-19(22(25)26)17-12-8-5-9-13-17/h4-15,18-20,27H,1-3H3,(H,23,24)(H,25,26)/t15?,18?,19-,20?/m1/s1. The first kappa shape index (κ1) is 21.0. The molecule has 0 radical (unpaired) electrons. The van der Waals surface area contributed by atoms with Gasteiger partial charge in [0.1, 0.15) is 0 Å². The molecule has 0 bridgehead atoms. The smallest absolute Gasteiger partial charge is 0.330 e. The minimum atomic E-state index is -1.09. The molecule has 0 aromatic heterocycles. The van der Waals surface area contributed by atoms with Crippen molar-refractivity contribution in [3.8, 4) is 0 Å². The highest BCUT2D eigenvalue weighted by molar-refractivity contribution is 7.81. The Labute approximate surface area is 166 Å². The van der Waals surface area contributed by atoms with E-state index in [9.17, 15) is 14.7 Å². The van der Waals surface area contributed by atoms with Crippen LogP contribution >= 0.6 is 12.6 Å². The Morgan fingerprint density at radius 1 is 0.889 bits per heavy atom. The van der Waals surface area contributed by atoms with E-state index in [1.165, 1.54) is 0 Å². The summed E-state index contributed by atoms with van der Waals surface area (Å²) >= 11 is 4.70. The lowest BCUT2D eigenvalue weighted by Crippen LogP contribution is -2.43. The van der Waals surface area contributed by atoms with Crippen molar-refractivity contribution in [1.82, 2.24) is 5.32 Å². The molecule has 4 atom stereocenters. The highest BCUT2D eigenvalue weighted by Crippen LogP contribution is 2.33. The first-order chi connectivity index (χ1) is 12.8. The Hall–Kier alpha value is -2.27. The fourth-order valence-corrected chi connectivity index (χ4v) is 3.62. The van der Waals surface area contributed by atoms with Gasteiger partial charge in [0.15, 0.2) is 6.04 Å². The first-order valence-electron chi connectivity index (χ1n) is 9.14. The van der Waals surface area contributed by atoms with Crippen LogP contribution in [-0.4, -0.2) is 22.2 Å². The number of nitrogens with one attached hydrogen (secondary N) is 1. The molecule has 2 aromatic rings. The van der Waals surface area contributed by atoms with E-state index in [1.807, 2.05) is 57.2 Å². The summed E-state index contributed by atoms with van der Waals surface area (Å²) < 4.78 is 0. The van der Waals surface area contributed by atoms with Crippen molar-refractivity contribution in [2.45, 2.75) is 38.0 Å². The van der Waals surface area contributed by atoms with Crippen LogP contribution in [0.2, 0.25) is 0 Å². The van der Waals surface area contributed by atoms with Gasteiger partial charge in [0.25, 0.3) is 0 Å². The molecule has 0 aliphatic heterocycles. The Morgan fingerprint density at radius 3 is 1.81 bits per heavy atom. The summed E-state index contributed by atoms with van der Waals surface area (Å²) in [4.78, 5) is 24.9. The lowest BCUT2D eigenvalue weighted by Gasteiger charge is -2.31. The van der Waals surface area contributed by atoms with Crippen LogP contribution in [0.25, 0.3) is 0 Å². The number of benzene rings is 2. The Kier molecular flexibility index (Phi) is 7.48. The largest absolute Gasteiger partial charge is 0.479 e. The van der Waals surface area contributed by atoms with E-state index in [1.54, 1.807) is 24.3 Å². The summed E-state index contributed by atoms with van der Waals surface area (Å²) in [6, 6.07) is 17.4. The summed E-state index contributed by atoms with van der Waals surface area (Å²) in [6.07, 6.45) is 0. The van der Waals surface area contributed by atoms with Gasteiger partial charge in [-0.15, -0.1) is 0 Å². The van der Waals surface area contributed by atoms with Crippen LogP contribution < -0.4 is 5.32 Å². The van der Waals surface area contributed by atoms with E-state index in [2.05, 4.69) is 5.32 Å². The fourth-order valence-electron chi connectivity index (χ4n) is 3.23. The molecule has 3 unspecified atom stereocenters. The Morgan fingerprint density at radius 2 is 1.37 bits per heavy atom. The second-order valence-corrected chi connectivity index (χ2v) is 7.75. The predicted molar refractivity (Wildman–Crippen MR) is 111 cm³/mol. The molecule has 0 saturated carbocycles. The second-order valence-electron chi connectivity index (χ2n) is 7.15. The normalized spacial score (nSPS) is 15.6. The first-order valence-corrected chi connectivity index (χ1v) is 9.65. The zero-order chi connectivity index (χ0) is 20.0. The zero-order valence-corrected chi connectivity index (χ0v) is 16.8. The quantitative estimate of drug-likeness (QED) is 0.594. The summed E-state index contributed by atoms with van der Waals surface area (Å²) in [5.41, 5.74) is 1.58. The monoisotopic (exact) mass is 385 g/mol. The molecule has 2 N–H and O–H groups in total. The summed E-state index contributed by atoms with van der Waals surface area (Å²) in [5, 5.41) is 12.2. The number of aliphatic carboxylic acids is 1. The van der Waals surface area contributed by atoms with Gasteiger partial charge in [-0.25, -0.2) is 4.79 Å². The number of amides is 1. The van der Waals surface area contributed by atoms with Gasteiger partial charge in [0.2, 0.25) is 5.91 Å². The van der Waals surface area contributed by atoms with Crippen LogP contribution in [-0.2, 0) is 9.59 Å². The zero-order valence-electron chi connectivity index (χ0n) is 15.9. The maximum Gasteiger partial charge on any atom is 0.330 e. The number of hydrogen-bond acceptors (Lipinski definition) is 3. The van der Waals surface area contributed by atoms with Crippen molar-refractivity contribution in [3.63, 3.8) is 0 Å². The third kappa shape index (κ3) is 5.36. The molecule has 0 spiro atoms. The molecule has 0 heterocycles. The molecule has 1 amide bonds. The van der Waals surface area contributed by atoms with Crippen LogP contribution in [0.4, 0.5) is 0 Å². The van der Waals surface area contributed by atoms with Crippen molar-refractivity contribution in [2.75, 3.05) is 0 Å². The van der Waals surface area contributed by atoms with Gasteiger partial charge in [0, 0.05) is 5.25 Å². The highest BCUT2D eigenvalue weighted by Gasteiger charge is 2.36. The van der Waals surface area contributed by atoms with Gasteiger partial charge < -0.3 is 10.4 Å². The van der Waals surface area contributed by atoms with Crippen LogP contribution in [0.3, 0.4) is 0 Å². The minimum absolute atomic E-state index is 0.0960. The summed E-state index contributed by atoms with van der Waals surface area (Å²) in [5.74, 6) is -1.77. The average molecular weight is 386 g/mol. The van der Waals surface area contributed by atoms with E-state index in [-0.39, 0.29) is 23.0 Å². The fraction of sp³-hybridized carbons (Fsp3) is 0.364. The highest BCUT2D eigenvalue weighted by atomic mass is 32.1. The Balaban J connectivity index is 2.31. The SMILES string of the molecule is CC(C)C(S)C(C(=O)N[C@@H](C(=O)O)c1ccccc1)C(C)c1ccccc1. The van der Waals surface area contributed by atoms with Gasteiger partial charge in [0.05, 0.1) is 5.92 Å². The number of carbonyl (C=O) groups excluding carboxylic acids is 1. The van der Waals surface area contributed by atoms with Crippen molar-refractivity contribution < 1.29 is 14.7 Å². The van der Waals surface area contributed by atoms with Crippen LogP contribution in [0.5, 0.6) is 0 Å². The van der Waals surface area contributed by atoms with E-state index in [0.717, 1.165) is 5.56 Å². The summed E-state index contributed by atoms with van der Waals surface area (Å²) in [6.45, 7) is 6.02. The maximum absolute atomic E-state index is 13.2. The van der Waals surface area contributed by atoms with E-state index < -0.39 is 17.9 Å².